The molecule has 0 saturated heterocycles. The van der Waals surface area contributed by atoms with Gasteiger partial charge < -0.3 is 5.73 Å². The Morgan fingerprint density at radius 1 is 1.00 bits per heavy atom. The average molecular weight is 300 g/mol. The van der Waals surface area contributed by atoms with E-state index in [0.29, 0.717) is 12.0 Å². The van der Waals surface area contributed by atoms with Crippen molar-refractivity contribution >= 4 is 36.4 Å². The molecule has 1 aliphatic rings. The number of allylic oxidation sites excluding steroid dienone is 3. The van der Waals surface area contributed by atoms with E-state index in [-0.39, 0.29) is 36.4 Å². The van der Waals surface area contributed by atoms with E-state index in [1.54, 1.807) is 0 Å². The molecule has 0 saturated carbocycles. The molecule has 1 unspecified atom stereocenters. The van der Waals surface area contributed by atoms with Crippen LogP contribution in [0.2, 0.25) is 0 Å². The topological polar surface area (TPSA) is 60.2 Å². The summed E-state index contributed by atoms with van der Waals surface area (Å²) in [6, 6.07) is 9.23. The van der Waals surface area contributed by atoms with Gasteiger partial charge in [-0.2, -0.15) is 0 Å². The predicted octanol–water partition coefficient (Wildman–Crippen LogP) is 2.03. The lowest BCUT2D eigenvalue weighted by Gasteiger charge is -2.15. The Morgan fingerprint density at radius 2 is 1.63 bits per heavy atom. The summed E-state index contributed by atoms with van der Waals surface area (Å²) in [5.74, 6) is -0.351. The third-order valence-electron chi connectivity index (χ3n) is 2.68. The molecular weight excluding hydrogens is 285 g/mol. The summed E-state index contributed by atoms with van der Waals surface area (Å²) in [6.07, 6.45) is 4.43. The van der Waals surface area contributed by atoms with E-state index in [4.69, 9.17) is 5.73 Å². The van der Waals surface area contributed by atoms with Gasteiger partial charge in [0, 0.05) is 11.6 Å². The SMILES string of the molecule is Cl.Cl.NC(Cc1ccccc1)C1=CC(=O)C=CC1=O. The van der Waals surface area contributed by atoms with Gasteiger partial charge in [-0.15, -0.1) is 24.8 Å². The van der Waals surface area contributed by atoms with Crippen molar-refractivity contribution in [3.05, 3.63) is 59.7 Å². The normalized spacial score (nSPS) is 15.1. The second kappa shape index (κ2) is 7.89. The van der Waals surface area contributed by atoms with Crippen molar-refractivity contribution in [3.8, 4) is 0 Å². The fourth-order valence-corrected chi connectivity index (χ4v) is 1.79. The van der Waals surface area contributed by atoms with Gasteiger partial charge in [0.15, 0.2) is 11.6 Å². The molecule has 102 valence electrons. The maximum absolute atomic E-state index is 11.6. The van der Waals surface area contributed by atoms with Gasteiger partial charge in [-0.05, 0) is 30.2 Å². The third kappa shape index (κ3) is 4.63. The summed E-state index contributed by atoms with van der Waals surface area (Å²) in [7, 11) is 0. The molecule has 0 aliphatic heterocycles. The molecule has 2 rings (SSSR count). The van der Waals surface area contributed by atoms with Gasteiger partial charge in [-0.3, -0.25) is 9.59 Å². The maximum Gasteiger partial charge on any atom is 0.183 e. The number of hydrogen-bond donors (Lipinski definition) is 1. The zero-order valence-corrected chi connectivity index (χ0v) is 11.7. The van der Waals surface area contributed by atoms with E-state index in [0.717, 1.165) is 5.56 Å². The number of rotatable bonds is 3. The summed E-state index contributed by atoms with van der Waals surface area (Å²) in [5, 5.41) is 0. The highest BCUT2D eigenvalue weighted by Crippen LogP contribution is 2.13. The largest absolute Gasteiger partial charge is 0.324 e. The van der Waals surface area contributed by atoms with Crippen molar-refractivity contribution in [1.82, 2.24) is 0 Å². The van der Waals surface area contributed by atoms with Crippen LogP contribution in [0.4, 0.5) is 0 Å². The fourth-order valence-electron chi connectivity index (χ4n) is 1.79. The smallest absolute Gasteiger partial charge is 0.183 e. The van der Waals surface area contributed by atoms with Gasteiger partial charge in [0.05, 0.1) is 0 Å². The van der Waals surface area contributed by atoms with Crippen LogP contribution in [0.1, 0.15) is 5.56 Å². The minimum absolute atomic E-state index is 0. The van der Waals surface area contributed by atoms with Crippen molar-refractivity contribution < 1.29 is 9.59 Å². The first-order chi connectivity index (χ1) is 8.16. The molecule has 1 aliphatic carbocycles. The van der Waals surface area contributed by atoms with Crippen LogP contribution in [0.3, 0.4) is 0 Å². The first kappa shape index (κ1) is 17.6. The first-order valence-electron chi connectivity index (χ1n) is 5.44. The van der Waals surface area contributed by atoms with E-state index in [1.807, 2.05) is 30.3 Å². The lowest BCUT2D eigenvalue weighted by Crippen LogP contribution is -2.30. The number of carbonyl (C=O) groups excluding carboxylic acids is 2. The van der Waals surface area contributed by atoms with Crippen molar-refractivity contribution in [2.24, 2.45) is 5.73 Å². The van der Waals surface area contributed by atoms with Crippen molar-refractivity contribution in [2.75, 3.05) is 0 Å². The average Bonchev–Trinajstić information content (AvgIpc) is 2.33. The number of benzene rings is 1. The van der Waals surface area contributed by atoms with Gasteiger partial charge in [0.25, 0.3) is 0 Å². The molecule has 0 fully saturated rings. The molecule has 2 N–H and O–H groups in total. The molecule has 0 heterocycles. The van der Waals surface area contributed by atoms with Crippen LogP contribution in [0.25, 0.3) is 0 Å². The second-order valence-corrected chi connectivity index (χ2v) is 4.00. The Hall–Kier alpha value is -1.42. The standard InChI is InChI=1S/C14H13NO2.2ClH/c15-13(8-10-4-2-1-3-5-10)12-9-11(16)6-7-14(12)17;;/h1-7,9,13H,8,15H2;2*1H. The number of ketones is 2. The molecule has 1 aromatic rings. The van der Waals surface area contributed by atoms with Crippen LogP contribution in [0, 0.1) is 0 Å². The first-order valence-corrected chi connectivity index (χ1v) is 5.44. The second-order valence-electron chi connectivity index (χ2n) is 4.00. The Kier molecular flexibility index (Phi) is 7.30. The molecule has 0 spiro atoms. The van der Waals surface area contributed by atoms with Crippen LogP contribution >= 0.6 is 24.8 Å². The molecule has 0 bridgehead atoms. The number of nitrogens with two attached hydrogens (primary N) is 1. The van der Waals surface area contributed by atoms with Crippen LogP contribution in [0.15, 0.2) is 54.1 Å². The van der Waals surface area contributed by atoms with Crippen molar-refractivity contribution in [1.29, 1.82) is 0 Å². The Labute approximate surface area is 124 Å². The summed E-state index contributed by atoms with van der Waals surface area (Å²) < 4.78 is 0. The predicted molar refractivity (Wildman–Crippen MR) is 79.9 cm³/mol. The highest BCUT2D eigenvalue weighted by Gasteiger charge is 2.19. The summed E-state index contributed by atoms with van der Waals surface area (Å²) in [5.41, 5.74) is 7.40. The number of halogens is 2. The van der Waals surface area contributed by atoms with Gasteiger partial charge in [-0.1, -0.05) is 30.3 Å². The van der Waals surface area contributed by atoms with E-state index < -0.39 is 6.04 Å². The van der Waals surface area contributed by atoms with Crippen molar-refractivity contribution in [3.63, 3.8) is 0 Å². The summed E-state index contributed by atoms with van der Waals surface area (Å²) in [6.45, 7) is 0. The molecule has 5 heteroatoms. The van der Waals surface area contributed by atoms with Gasteiger partial charge >= 0.3 is 0 Å². The minimum Gasteiger partial charge on any atom is -0.324 e. The molecule has 0 radical (unpaired) electrons. The molecular formula is C14H15Cl2NO2. The maximum atomic E-state index is 11.6. The fraction of sp³-hybridized carbons (Fsp3) is 0.143. The monoisotopic (exact) mass is 299 g/mol. The van der Waals surface area contributed by atoms with E-state index in [1.165, 1.54) is 18.2 Å². The lowest BCUT2D eigenvalue weighted by atomic mass is 9.93. The number of hydrogen-bond acceptors (Lipinski definition) is 3. The van der Waals surface area contributed by atoms with Gasteiger partial charge in [-0.25, -0.2) is 0 Å². The molecule has 0 amide bonds. The zero-order chi connectivity index (χ0) is 12.3. The lowest BCUT2D eigenvalue weighted by molar-refractivity contribution is -0.114. The Balaban J connectivity index is 0.00000162. The Bertz CT molecular complexity index is 509. The molecule has 0 aromatic heterocycles. The third-order valence-corrected chi connectivity index (χ3v) is 2.68. The minimum atomic E-state index is -0.432. The Morgan fingerprint density at radius 3 is 2.26 bits per heavy atom. The highest BCUT2D eigenvalue weighted by atomic mass is 35.5. The molecule has 1 aromatic carbocycles. The van der Waals surface area contributed by atoms with Crippen LogP contribution < -0.4 is 5.73 Å². The quantitative estimate of drug-likeness (QED) is 0.869. The van der Waals surface area contributed by atoms with Crippen LogP contribution in [0.5, 0.6) is 0 Å². The van der Waals surface area contributed by atoms with Crippen LogP contribution in [-0.4, -0.2) is 17.6 Å². The highest BCUT2D eigenvalue weighted by molar-refractivity contribution is 6.17. The molecule has 19 heavy (non-hydrogen) atoms. The van der Waals surface area contributed by atoms with E-state index in [2.05, 4.69) is 0 Å². The molecule has 1 atom stereocenters. The van der Waals surface area contributed by atoms with E-state index >= 15 is 0 Å². The van der Waals surface area contributed by atoms with E-state index in [9.17, 15) is 9.59 Å². The van der Waals surface area contributed by atoms with Crippen LogP contribution in [-0.2, 0) is 16.0 Å². The van der Waals surface area contributed by atoms with Gasteiger partial charge in [0.2, 0.25) is 0 Å². The summed E-state index contributed by atoms with van der Waals surface area (Å²) in [4.78, 5) is 22.8. The van der Waals surface area contributed by atoms with Gasteiger partial charge in [0.1, 0.15) is 0 Å². The van der Waals surface area contributed by atoms with Crippen molar-refractivity contribution in [2.45, 2.75) is 12.5 Å². The molecule has 3 nitrogen and oxygen atoms in total. The zero-order valence-electron chi connectivity index (χ0n) is 10.1. The number of carbonyl (C=O) groups is 2. The summed E-state index contributed by atoms with van der Waals surface area (Å²) >= 11 is 0.